The molecule has 3 saturated carbocycles. The highest BCUT2D eigenvalue weighted by Gasteiger charge is 2.68. The van der Waals surface area contributed by atoms with Crippen molar-refractivity contribution in [2.24, 2.45) is 28.9 Å². The largest absolute Gasteiger partial charge is 0.481 e. The summed E-state index contributed by atoms with van der Waals surface area (Å²) in [7, 11) is -0.614. The van der Waals surface area contributed by atoms with Gasteiger partial charge < -0.3 is 25.7 Å². The first-order valence-electron chi connectivity index (χ1n) is 12.4. The van der Waals surface area contributed by atoms with Gasteiger partial charge in [-0.25, -0.2) is 4.98 Å². The van der Waals surface area contributed by atoms with Crippen LogP contribution in [0.1, 0.15) is 70.8 Å². The van der Waals surface area contributed by atoms with Crippen molar-refractivity contribution >= 4 is 24.8 Å². The van der Waals surface area contributed by atoms with Crippen LogP contribution in [-0.2, 0) is 18.9 Å². The number of hydrogen-bond donors (Lipinski definition) is 3. The first-order chi connectivity index (χ1) is 16.4. The average Bonchev–Trinajstić information content (AvgIpc) is 3.15. The molecule has 1 aliphatic heterocycles. The second-order valence-corrected chi connectivity index (χ2v) is 11.4. The SMILES string of the molecule is CC(C)C[C@H](NC(=O)[C@H](CC(N)=O)NC(=O)c1cnccn1)B1O[C@@H]2C[C@@H]3C[C@@H](C3(C)C)[C@]2(C)O1. The molecule has 4 fully saturated rings. The van der Waals surface area contributed by atoms with Crippen LogP contribution in [0.3, 0.4) is 0 Å². The average molecular weight is 485 g/mol. The molecule has 5 rings (SSSR count). The Balaban J connectivity index is 1.48. The monoisotopic (exact) mass is 485 g/mol. The summed E-state index contributed by atoms with van der Waals surface area (Å²) in [6.45, 7) is 10.8. The molecule has 3 amide bonds. The van der Waals surface area contributed by atoms with Gasteiger partial charge in [0.1, 0.15) is 11.7 Å². The Morgan fingerprint density at radius 1 is 1.20 bits per heavy atom. The molecule has 6 atom stereocenters. The fourth-order valence-electron chi connectivity index (χ4n) is 6.16. The van der Waals surface area contributed by atoms with Crippen molar-refractivity contribution < 1.29 is 23.7 Å². The van der Waals surface area contributed by atoms with Gasteiger partial charge in [0.25, 0.3) is 5.91 Å². The molecule has 0 aromatic carbocycles. The third-order valence-electron chi connectivity index (χ3n) is 8.17. The predicted octanol–water partition coefficient (Wildman–Crippen LogP) is 1.25. The van der Waals surface area contributed by atoms with Crippen LogP contribution >= 0.6 is 0 Å². The zero-order valence-electron chi connectivity index (χ0n) is 21.1. The summed E-state index contributed by atoms with van der Waals surface area (Å²) in [5, 5.41) is 5.54. The fourth-order valence-corrected chi connectivity index (χ4v) is 6.16. The first kappa shape index (κ1) is 25.6. The standard InChI is InChI=1S/C24H36BN5O5/c1-13(2)8-19(25-34-18-10-14-9-17(23(14,3)4)24(18,5)35-25)30-21(32)15(11-20(26)31)29-22(33)16-12-27-6-7-28-16/h6-7,12-15,17-19H,8-11H2,1-5H3,(H2,26,31)(H,29,33)(H,30,32)/t14-,15-,17-,18+,19-,24-/m0/s1. The number of amides is 3. The van der Waals surface area contributed by atoms with Crippen molar-refractivity contribution in [3.05, 3.63) is 24.3 Å². The Morgan fingerprint density at radius 3 is 2.54 bits per heavy atom. The Morgan fingerprint density at radius 2 is 1.94 bits per heavy atom. The van der Waals surface area contributed by atoms with Crippen LogP contribution in [0.5, 0.6) is 0 Å². The zero-order valence-corrected chi connectivity index (χ0v) is 21.1. The number of nitrogens with two attached hydrogens (primary N) is 1. The summed E-state index contributed by atoms with van der Waals surface area (Å²) in [6, 6.07) is -1.16. The summed E-state index contributed by atoms with van der Waals surface area (Å²) in [5.74, 6) is -1.04. The number of hydrogen-bond acceptors (Lipinski definition) is 7. The van der Waals surface area contributed by atoms with Crippen LogP contribution in [0.2, 0.25) is 0 Å². The minimum atomic E-state index is -1.16. The zero-order chi connectivity index (χ0) is 25.5. The fraction of sp³-hybridized carbons (Fsp3) is 0.708. The lowest BCUT2D eigenvalue weighted by atomic mass is 9.43. The van der Waals surface area contributed by atoms with Crippen LogP contribution in [0.4, 0.5) is 0 Å². The van der Waals surface area contributed by atoms with Crippen LogP contribution in [0.15, 0.2) is 18.6 Å². The highest BCUT2D eigenvalue weighted by atomic mass is 16.7. The number of aromatic nitrogens is 2. The molecule has 1 aromatic rings. The van der Waals surface area contributed by atoms with E-state index in [-0.39, 0.29) is 29.6 Å². The summed E-state index contributed by atoms with van der Waals surface area (Å²) in [4.78, 5) is 45.4. The van der Waals surface area contributed by atoms with E-state index in [1.807, 2.05) is 0 Å². The number of rotatable bonds is 9. The van der Waals surface area contributed by atoms with Crippen molar-refractivity contribution in [2.45, 2.75) is 84.0 Å². The second-order valence-electron chi connectivity index (χ2n) is 11.4. The van der Waals surface area contributed by atoms with Gasteiger partial charge >= 0.3 is 7.12 Å². The molecule has 0 unspecified atom stereocenters. The predicted molar refractivity (Wildman–Crippen MR) is 129 cm³/mol. The van der Waals surface area contributed by atoms with E-state index in [2.05, 4.69) is 55.2 Å². The third kappa shape index (κ3) is 4.93. The van der Waals surface area contributed by atoms with Crippen molar-refractivity contribution in [3.63, 3.8) is 0 Å². The molecule has 4 aliphatic rings. The molecule has 10 nitrogen and oxygen atoms in total. The molecule has 3 aliphatic carbocycles. The smallest absolute Gasteiger partial charge is 0.404 e. The quantitative estimate of drug-likeness (QED) is 0.446. The molecule has 1 saturated heterocycles. The molecule has 190 valence electrons. The van der Waals surface area contributed by atoms with E-state index in [1.54, 1.807) is 0 Å². The van der Waals surface area contributed by atoms with Crippen molar-refractivity contribution in [1.29, 1.82) is 0 Å². The molecule has 4 N–H and O–H groups in total. The normalized spacial score (nSPS) is 30.1. The Hall–Kier alpha value is -2.53. The number of nitrogens with zero attached hydrogens (tertiary/aromatic N) is 2. The van der Waals surface area contributed by atoms with E-state index in [0.717, 1.165) is 12.8 Å². The summed E-state index contributed by atoms with van der Waals surface area (Å²) < 4.78 is 13.0. The molecule has 35 heavy (non-hydrogen) atoms. The van der Waals surface area contributed by atoms with Gasteiger partial charge in [-0.3, -0.25) is 19.4 Å². The van der Waals surface area contributed by atoms with E-state index < -0.39 is 42.4 Å². The second kappa shape index (κ2) is 9.50. The maximum Gasteiger partial charge on any atom is 0.481 e. The van der Waals surface area contributed by atoms with Gasteiger partial charge in [-0.2, -0.15) is 0 Å². The van der Waals surface area contributed by atoms with Crippen molar-refractivity contribution in [1.82, 2.24) is 20.6 Å². The van der Waals surface area contributed by atoms with Gasteiger partial charge in [-0.1, -0.05) is 27.7 Å². The van der Waals surface area contributed by atoms with Gasteiger partial charge in [0.05, 0.1) is 30.3 Å². The minimum Gasteiger partial charge on any atom is -0.404 e. The van der Waals surface area contributed by atoms with E-state index in [0.29, 0.717) is 18.3 Å². The first-order valence-corrected chi connectivity index (χ1v) is 12.4. The molecule has 0 spiro atoms. The van der Waals surface area contributed by atoms with Gasteiger partial charge in [-0.15, -0.1) is 0 Å². The third-order valence-corrected chi connectivity index (χ3v) is 8.17. The van der Waals surface area contributed by atoms with Crippen LogP contribution in [0.25, 0.3) is 0 Å². The van der Waals surface area contributed by atoms with Crippen LogP contribution in [-0.4, -0.2) is 58.5 Å². The molecule has 2 bridgehead atoms. The van der Waals surface area contributed by atoms with Crippen molar-refractivity contribution in [3.8, 4) is 0 Å². The molecule has 1 aromatic heterocycles. The van der Waals surface area contributed by atoms with E-state index in [4.69, 9.17) is 15.0 Å². The Kier molecular flexibility index (Phi) is 6.94. The van der Waals surface area contributed by atoms with Crippen LogP contribution in [0, 0.1) is 23.2 Å². The molecule has 2 heterocycles. The van der Waals surface area contributed by atoms with E-state index >= 15 is 0 Å². The summed E-state index contributed by atoms with van der Waals surface area (Å²) in [5.41, 5.74) is 5.21. The summed E-state index contributed by atoms with van der Waals surface area (Å²) in [6.07, 6.45) is 6.40. The van der Waals surface area contributed by atoms with Gasteiger partial charge in [0.15, 0.2) is 0 Å². The number of carbonyl (C=O) groups excluding carboxylic acids is 3. The molecular formula is C24H36BN5O5. The van der Waals surface area contributed by atoms with Gasteiger partial charge in [-0.05, 0) is 49.4 Å². The maximum absolute atomic E-state index is 13.3. The van der Waals surface area contributed by atoms with E-state index in [9.17, 15) is 14.4 Å². The Bertz CT molecular complexity index is 976. The number of nitrogens with one attached hydrogen (secondary N) is 2. The highest BCUT2D eigenvalue weighted by Crippen LogP contribution is 2.65. The summed E-state index contributed by atoms with van der Waals surface area (Å²) >= 11 is 0. The molecule has 11 heteroatoms. The molecular weight excluding hydrogens is 449 g/mol. The van der Waals surface area contributed by atoms with Crippen LogP contribution < -0.4 is 16.4 Å². The number of carbonyl (C=O) groups is 3. The lowest BCUT2D eigenvalue weighted by molar-refractivity contribution is -0.199. The molecule has 0 radical (unpaired) electrons. The van der Waals surface area contributed by atoms with Gasteiger partial charge in [0.2, 0.25) is 11.8 Å². The Labute approximate surface area is 206 Å². The van der Waals surface area contributed by atoms with Crippen molar-refractivity contribution in [2.75, 3.05) is 0 Å². The number of primary amides is 1. The maximum atomic E-state index is 13.3. The lowest BCUT2D eigenvalue weighted by Gasteiger charge is -2.64. The lowest BCUT2D eigenvalue weighted by Crippen LogP contribution is -2.65. The highest BCUT2D eigenvalue weighted by molar-refractivity contribution is 6.48. The topological polar surface area (TPSA) is 146 Å². The van der Waals surface area contributed by atoms with Gasteiger partial charge in [0, 0.05) is 12.4 Å². The van der Waals surface area contributed by atoms with E-state index in [1.165, 1.54) is 18.6 Å². The minimum absolute atomic E-state index is 0.0198.